The molecule has 1 aromatic rings. The normalized spacial score (nSPS) is 10.7. The molecule has 0 unspecified atom stereocenters. The Balaban J connectivity index is 2.41. The predicted octanol–water partition coefficient (Wildman–Crippen LogP) is 2.94. The summed E-state index contributed by atoms with van der Waals surface area (Å²) in [5.41, 5.74) is 1.64. The van der Waals surface area contributed by atoms with E-state index < -0.39 is 0 Å². The first-order valence-electron chi connectivity index (χ1n) is 7.17. The number of benzene rings is 1. The van der Waals surface area contributed by atoms with Crippen LogP contribution in [-0.4, -0.2) is 31.8 Å². The minimum Gasteiger partial charge on any atom is -0.494 e. The summed E-state index contributed by atoms with van der Waals surface area (Å²) in [4.78, 5) is 12.0. The summed E-state index contributed by atoms with van der Waals surface area (Å²) in [6, 6.07) is 5.48. The van der Waals surface area contributed by atoms with E-state index in [4.69, 9.17) is 9.47 Å². The second-order valence-electron chi connectivity index (χ2n) is 4.94. The monoisotopic (exact) mass is 279 g/mol. The number of nitrogens with one attached hydrogen (secondary N) is 1. The molecule has 0 aliphatic carbocycles. The van der Waals surface area contributed by atoms with E-state index in [-0.39, 0.29) is 12.0 Å². The molecule has 1 aromatic carbocycles. The molecule has 20 heavy (non-hydrogen) atoms. The van der Waals surface area contributed by atoms with Gasteiger partial charge in [-0.3, -0.25) is 4.79 Å². The molecule has 1 amide bonds. The zero-order chi connectivity index (χ0) is 15.0. The third-order valence-electron chi connectivity index (χ3n) is 2.79. The minimum absolute atomic E-state index is 0.0549. The maximum Gasteiger partial charge on any atom is 0.251 e. The molecule has 0 saturated carbocycles. The van der Waals surface area contributed by atoms with Crippen LogP contribution in [0.2, 0.25) is 0 Å². The van der Waals surface area contributed by atoms with Gasteiger partial charge in [0.15, 0.2) is 0 Å². The average molecular weight is 279 g/mol. The molecule has 112 valence electrons. The Bertz CT molecular complexity index is 430. The summed E-state index contributed by atoms with van der Waals surface area (Å²) >= 11 is 0. The summed E-state index contributed by atoms with van der Waals surface area (Å²) < 4.78 is 10.9. The number of hydrogen-bond acceptors (Lipinski definition) is 3. The zero-order valence-electron chi connectivity index (χ0n) is 12.9. The molecule has 4 heteroatoms. The molecule has 1 N–H and O–H groups in total. The van der Waals surface area contributed by atoms with Crippen molar-refractivity contribution in [1.82, 2.24) is 5.32 Å². The smallest absolute Gasteiger partial charge is 0.251 e. The number of hydrogen-bond donors (Lipinski definition) is 1. The SMILES string of the molecule is CCOc1ccc(C(=O)NCCCOC(C)C)cc1C. The molecule has 0 spiro atoms. The van der Waals surface area contributed by atoms with Gasteiger partial charge in [0.25, 0.3) is 5.91 Å². The number of rotatable bonds is 8. The lowest BCUT2D eigenvalue weighted by Crippen LogP contribution is -2.25. The molecule has 0 aliphatic heterocycles. The van der Waals surface area contributed by atoms with Crippen LogP contribution in [0.15, 0.2) is 18.2 Å². The van der Waals surface area contributed by atoms with Crippen molar-refractivity contribution < 1.29 is 14.3 Å². The van der Waals surface area contributed by atoms with Crippen LogP contribution in [0.5, 0.6) is 5.75 Å². The lowest BCUT2D eigenvalue weighted by atomic mass is 10.1. The van der Waals surface area contributed by atoms with Crippen LogP contribution < -0.4 is 10.1 Å². The van der Waals surface area contributed by atoms with Gasteiger partial charge in [-0.1, -0.05) is 0 Å². The van der Waals surface area contributed by atoms with E-state index in [1.54, 1.807) is 6.07 Å². The van der Waals surface area contributed by atoms with Gasteiger partial charge in [0, 0.05) is 18.7 Å². The summed E-state index contributed by atoms with van der Waals surface area (Å²) in [5, 5.41) is 2.89. The number of carbonyl (C=O) groups is 1. The second kappa shape index (κ2) is 8.59. The van der Waals surface area contributed by atoms with E-state index >= 15 is 0 Å². The number of amides is 1. The molecular formula is C16H25NO3. The van der Waals surface area contributed by atoms with Crippen LogP contribution >= 0.6 is 0 Å². The number of ether oxygens (including phenoxy) is 2. The van der Waals surface area contributed by atoms with E-state index in [9.17, 15) is 4.79 Å². The molecule has 0 aliphatic rings. The third kappa shape index (κ3) is 5.61. The van der Waals surface area contributed by atoms with Crippen molar-refractivity contribution in [2.75, 3.05) is 19.8 Å². The molecule has 1 rings (SSSR count). The highest BCUT2D eigenvalue weighted by Gasteiger charge is 2.07. The Labute approximate surface area is 121 Å². The minimum atomic E-state index is -0.0549. The molecule has 0 atom stereocenters. The van der Waals surface area contributed by atoms with Crippen LogP contribution in [-0.2, 0) is 4.74 Å². The fourth-order valence-corrected chi connectivity index (χ4v) is 1.80. The summed E-state index contributed by atoms with van der Waals surface area (Å²) in [7, 11) is 0. The average Bonchev–Trinajstić information content (AvgIpc) is 2.40. The third-order valence-corrected chi connectivity index (χ3v) is 2.79. The predicted molar refractivity (Wildman–Crippen MR) is 80.4 cm³/mol. The topological polar surface area (TPSA) is 47.6 Å². The van der Waals surface area contributed by atoms with Gasteiger partial charge in [-0.15, -0.1) is 0 Å². The molecule has 0 radical (unpaired) electrons. The number of aryl methyl sites for hydroxylation is 1. The summed E-state index contributed by atoms with van der Waals surface area (Å²) in [5.74, 6) is 0.773. The van der Waals surface area contributed by atoms with E-state index in [1.807, 2.05) is 39.8 Å². The van der Waals surface area contributed by atoms with Gasteiger partial charge in [0.05, 0.1) is 12.7 Å². The van der Waals surface area contributed by atoms with E-state index in [1.165, 1.54) is 0 Å². The molecule has 4 nitrogen and oxygen atoms in total. The van der Waals surface area contributed by atoms with Crippen LogP contribution in [0.3, 0.4) is 0 Å². The van der Waals surface area contributed by atoms with Crippen molar-refractivity contribution in [3.05, 3.63) is 29.3 Å². The van der Waals surface area contributed by atoms with Gasteiger partial charge < -0.3 is 14.8 Å². The Hall–Kier alpha value is -1.55. The highest BCUT2D eigenvalue weighted by atomic mass is 16.5. The highest BCUT2D eigenvalue weighted by Crippen LogP contribution is 2.18. The molecule has 0 aromatic heterocycles. The van der Waals surface area contributed by atoms with Crippen LogP contribution in [0.4, 0.5) is 0 Å². The molecular weight excluding hydrogens is 254 g/mol. The molecule has 0 fully saturated rings. The van der Waals surface area contributed by atoms with E-state index in [0.29, 0.717) is 25.3 Å². The maximum absolute atomic E-state index is 12.0. The number of carbonyl (C=O) groups excluding carboxylic acids is 1. The summed E-state index contributed by atoms with van der Waals surface area (Å²) in [6.07, 6.45) is 1.05. The van der Waals surface area contributed by atoms with E-state index in [0.717, 1.165) is 17.7 Å². The lowest BCUT2D eigenvalue weighted by Gasteiger charge is -2.10. The van der Waals surface area contributed by atoms with Gasteiger partial charge in [-0.05, 0) is 57.9 Å². The Morgan fingerprint density at radius 2 is 2.10 bits per heavy atom. The van der Waals surface area contributed by atoms with Crippen LogP contribution in [0.1, 0.15) is 43.1 Å². The van der Waals surface area contributed by atoms with E-state index in [2.05, 4.69) is 5.32 Å². The van der Waals surface area contributed by atoms with Crippen LogP contribution in [0, 0.1) is 6.92 Å². The first kappa shape index (κ1) is 16.5. The Morgan fingerprint density at radius 3 is 2.70 bits per heavy atom. The molecule has 0 heterocycles. The quantitative estimate of drug-likeness (QED) is 0.744. The Kier molecular flexibility index (Phi) is 7.09. The standard InChI is InChI=1S/C16H25NO3/c1-5-19-15-8-7-14(11-13(15)4)16(18)17-9-6-10-20-12(2)3/h7-8,11-12H,5-6,9-10H2,1-4H3,(H,17,18). The maximum atomic E-state index is 12.0. The largest absolute Gasteiger partial charge is 0.494 e. The van der Waals surface area contributed by atoms with Gasteiger partial charge in [0.2, 0.25) is 0 Å². The van der Waals surface area contributed by atoms with Crippen molar-refractivity contribution in [2.45, 2.75) is 40.2 Å². The van der Waals surface area contributed by atoms with Crippen molar-refractivity contribution in [2.24, 2.45) is 0 Å². The van der Waals surface area contributed by atoms with Crippen molar-refractivity contribution in [1.29, 1.82) is 0 Å². The lowest BCUT2D eigenvalue weighted by molar-refractivity contribution is 0.0757. The van der Waals surface area contributed by atoms with Crippen molar-refractivity contribution in [3.8, 4) is 5.75 Å². The van der Waals surface area contributed by atoms with Gasteiger partial charge in [0.1, 0.15) is 5.75 Å². The fraction of sp³-hybridized carbons (Fsp3) is 0.562. The highest BCUT2D eigenvalue weighted by molar-refractivity contribution is 5.94. The molecule has 0 saturated heterocycles. The van der Waals surface area contributed by atoms with Crippen molar-refractivity contribution in [3.63, 3.8) is 0 Å². The first-order valence-corrected chi connectivity index (χ1v) is 7.17. The van der Waals surface area contributed by atoms with Gasteiger partial charge in [-0.2, -0.15) is 0 Å². The van der Waals surface area contributed by atoms with Gasteiger partial charge >= 0.3 is 0 Å². The van der Waals surface area contributed by atoms with Crippen LogP contribution in [0.25, 0.3) is 0 Å². The fourth-order valence-electron chi connectivity index (χ4n) is 1.80. The van der Waals surface area contributed by atoms with Crippen molar-refractivity contribution >= 4 is 5.91 Å². The first-order chi connectivity index (χ1) is 9.54. The van der Waals surface area contributed by atoms with Gasteiger partial charge in [-0.25, -0.2) is 0 Å². The second-order valence-corrected chi connectivity index (χ2v) is 4.94. The zero-order valence-corrected chi connectivity index (χ0v) is 12.9. The Morgan fingerprint density at radius 1 is 1.35 bits per heavy atom. The summed E-state index contributed by atoms with van der Waals surface area (Å²) in [6.45, 7) is 9.81. The molecule has 0 bridgehead atoms.